The third kappa shape index (κ3) is 5.24. The van der Waals surface area contributed by atoms with E-state index in [1.807, 2.05) is 0 Å². The summed E-state index contributed by atoms with van der Waals surface area (Å²) in [7, 11) is -4.19. The number of sulfonamides is 1. The minimum Gasteiger partial charge on any atom is -0.480 e. The Morgan fingerprint density at radius 3 is 2.57 bits per heavy atom. The van der Waals surface area contributed by atoms with Gasteiger partial charge in [0.25, 0.3) is 0 Å². The number of carboxylic acids is 1. The Morgan fingerprint density at radius 1 is 1.38 bits per heavy atom. The van der Waals surface area contributed by atoms with Crippen molar-refractivity contribution in [2.24, 2.45) is 0 Å². The summed E-state index contributed by atoms with van der Waals surface area (Å²) in [5, 5.41) is 9.10. The quantitative estimate of drug-likeness (QED) is 0.749. The van der Waals surface area contributed by atoms with Gasteiger partial charge in [0, 0.05) is 5.02 Å². The molecule has 7 nitrogen and oxygen atoms in total. The number of hydrogen-bond donors (Lipinski definition) is 1. The van der Waals surface area contributed by atoms with Crippen LogP contribution in [-0.2, 0) is 24.3 Å². The number of carbonyl (C=O) groups excluding carboxylic acids is 1. The van der Waals surface area contributed by atoms with Crippen LogP contribution in [0.15, 0.2) is 24.3 Å². The van der Waals surface area contributed by atoms with E-state index in [9.17, 15) is 18.0 Å². The van der Waals surface area contributed by atoms with Gasteiger partial charge in [0.05, 0.1) is 12.3 Å². The molecule has 9 heteroatoms. The zero-order valence-electron chi connectivity index (χ0n) is 11.2. The standard InChI is InChI=1S/C12H14ClNO6S/c1-2-20-12(17)8-21(18,19)14(7-11(15)16)10-5-3-4-9(13)6-10/h3-6H,2,7-8H2,1H3,(H,15,16). The molecule has 0 amide bonds. The average molecular weight is 336 g/mol. The van der Waals surface area contributed by atoms with Gasteiger partial charge in [0.15, 0.2) is 5.75 Å². The number of nitrogens with zero attached hydrogens (tertiary/aromatic N) is 1. The Balaban J connectivity index is 3.12. The van der Waals surface area contributed by atoms with Crippen molar-refractivity contribution >= 4 is 39.3 Å². The molecule has 1 aromatic rings. The van der Waals surface area contributed by atoms with Gasteiger partial charge in [-0.2, -0.15) is 0 Å². The molecule has 0 aliphatic heterocycles. The fraction of sp³-hybridized carbons (Fsp3) is 0.333. The van der Waals surface area contributed by atoms with Crippen molar-refractivity contribution in [3.05, 3.63) is 29.3 Å². The van der Waals surface area contributed by atoms with Crippen LogP contribution in [0.1, 0.15) is 6.92 Å². The molecule has 0 unspecified atom stereocenters. The summed E-state index contributed by atoms with van der Waals surface area (Å²) < 4.78 is 29.5. The minimum absolute atomic E-state index is 0.0322. The second kappa shape index (κ2) is 7.28. The number of hydrogen-bond acceptors (Lipinski definition) is 5. The number of carbonyl (C=O) groups is 2. The number of rotatable bonds is 7. The van der Waals surface area contributed by atoms with Gasteiger partial charge in [-0.05, 0) is 25.1 Å². The normalized spacial score (nSPS) is 11.0. The van der Waals surface area contributed by atoms with Gasteiger partial charge in [-0.25, -0.2) is 8.42 Å². The number of anilines is 1. The molecule has 0 aliphatic rings. The summed E-state index contributed by atoms with van der Waals surface area (Å²) in [6.07, 6.45) is 0. The lowest BCUT2D eigenvalue weighted by Gasteiger charge is -2.22. The Bertz CT molecular complexity index is 630. The lowest BCUT2D eigenvalue weighted by molar-refractivity contribution is -0.140. The Hall–Kier alpha value is -1.80. The van der Waals surface area contributed by atoms with Crippen LogP contribution in [0.25, 0.3) is 0 Å². The number of halogens is 1. The number of benzene rings is 1. The van der Waals surface area contributed by atoms with Crippen molar-refractivity contribution in [1.82, 2.24) is 0 Å². The van der Waals surface area contributed by atoms with Crippen LogP contribution in [0, 0.1) is 0 Å². The van der Waals surface area contributed by atoms with Crippen molar-refractivity contribution in [2.45, 2.75) is 6.92 Å². The van der Waals surface area contributed by atoms with Crippen LogP contribution in [0.4, 0.5) is 5.69 Å². The fourth-order valence-electron chi connectivity index (χ4n) is 1.53. The molecule has 1 aromatic carbocycles. The van der Waals surface area contributed by atoms with E-state index in [1.54, 1.807) is 0 Å². The molecule has 1 N–H and O–H groups in total. The maximum absolute atomic E-state index is 12.2. The molecule has 0 fully saturated rings. The highest BCUT2D eigenvalue weighted by Gasteiger charge is 2.28. The first-order valence-corrected chi connectivity index (χ1v) is 7.88. The van der Waals surface area contributed by atoms with E-state index in [0.29, 0.717) is 4.31 Å². The summed E-state index contributed by atoms with van der Waals surface area (Å²) in [6.45, 7) is 0.753. The van der Waals surface area contributed by atoms with Gasteiger partial charge in [0.2, 0.25) is 10.0 Å². The summed E-state index contributed by atoms with van der Waals surface area (Å²) in [4.78, 5) is 22.2. The molecule has 0 aliphatic carbocycles. The molecular weight excluding hydrogens is 322 g/mol. The maximum atomic E-state index is 12.2. The van der Waals surface area contributed by atoms with Crippen LogP contribution in [-0.4, -0.2) is 44.4 Å². The molecule has 0 atom stereocenters. The smallest absolute Gasteiger partial charge is 0.324 e. The Labute approximate surface area is 127 Å². The summed E-state index contributed by atoms with van der Waals surface area (Å²) in [5.41, 5.74) is 0.0641. The fourth-order valence-corrected chi connectivity index (χ4v) is 3.00. The van der Waals surface area contributed by atoms with Gasteiger partial charge in [-0.1, -0.05) is 17.7 Å². The zero-order chi connectivity index (χ0) is 16.0. The first-order valence-electron chi connectivity index (χ1n) is 5.89. The summed E-state index contributed by atoms with van der Waals surface area (Å²) >= 11 is 5.77. The minimum atomic E-state index is -4.19. The van der Waals surface area contributed by atoms with E-state index in [0.717, 1.165) is 0 Å². The van der Waals surface area contributed by atoms with Crippen molar-refractivity contribution in [1.29, 1.82) is 0 Å². The SMILES string of the molecule is CCOC(=O)CS(=O)(=O)N(CC(=O)O)c1cccc(Cl)c1. The summed E-state index contributed by atoms with van der Waals surface area (Å²) in [6, 6.07) is 5.68. The largest absolute Gasteiger partial charge is 0.480 e. The van der Waals surface area contributed by atoms with Crippen LogP contribution in [0.2, 0.25) is 5.02 Å². The molecule has 0 heterocycles. The number of ether oxygens (including phenoxy) is 1. The monoisotopic (exact) mass is 335 g/mol. The van der Waals surface area contributed by atoms with Crippen molar-refractivity contribution in [3.8, 4) is 0 Å². The first-order chi connectivity index (χ1) is 9.76. The van der Waals surface area contributed by atoms with Crippen molar-refractivity contribution < 1.29 is 27.9 Å². The first kappa shape index (κ1) is 17.3. The van der Waals surface area contributed by atoms with Gasteiger partial charge < -0.3 is 9.84 Å². The van der Waals surface area contributed by atoms with Crippen molar-refractivity contribution in [3.63, 3.8) is 0 Å². The van der Waals surface area contributed by atoms with E-state index < -0.39 is 34.3 Å². The summed E-state index contributed by atoms with van der Waals surface area (Å²) in [5.74, 6) is -3.25. The van der Waals surface area contributed by atoms with E-state index >= 15 is 0 Å². The van der Waals surface area contributed by atoms with Crippen LogP contribution >= 0.6 is 11.6 Å². The lowest BCUT2D eigenvalue weighted by atomic mass is 10.3. The maximum Gasteiger partial charge on any atom is 0.324 e. The van der Waals surface area contributed by atoms with Gasteiger partial charge in [-0.3, -0.25) is 13.9 Å². The highest BCUT2D eigenvalue weighted by molar-refractivity contribution is 7.93. The van der Waals surface area contributed by atoms with Crippen molar-refractivity contribution in [2.75, 3.05) is 23.2 Å². The number of carboxylic acid groups (broad SMARTS) is 1. The van der Waals surface area contributed by atoms with E-state index in [4.69, 9.17) is 16.7 Å². The van der Waals surface area contributed by atoms with E-state index in [1.165, 1.54) is 31.2 Å². The molecule has 116 valence electrons. The molecule has 21 heavy (non-hydrogen) atoms. The molecule has 0 saturated heterocycles. The lowest BCUT2D eigenvalue weighted by Crippen LogP contribution is -2.39. The highest BCUT2D eigenvalue weighted by Crippen LogP contribution is 2.22. The molecule has 0 bridgehead atoms. The van der Waals surface area contributed by atoms with Gasteiger partial charge in [-0.15, -0.1) is 0 Å². The van der Waals surface area contributed by atoms with Crippen LogP contribution in [0.5, 0.6) is 0 Å². The van der Waals surface area contributed by atoms with Gasteiger partial charge in [0.1, 0.15) is 6.54 Å². The predicted molar refractivity (Wildman–Crippen MR) is 76.9 cm³/mol. The molecule has 0 saturated carbocycles. The number of aliphatic carboxylic acids is 1. The molecule has 0 radical (unpaired) electrons. The second-order valence-electron chi connectivity index (χ2n) is 3.94. The third-order valence-electron chi connectivity index (χ3n) is 2.32. The molecular formula is C12H14ClNO6S. The second-order valence-corrected chi connectivity index (χ2v) is 6.27. The van der Waals surface area contributed by atoms with Crippen LogP contribution < -0.4 is 4.31 Å². The predicted octanol–water partition coefficient (Wildman–Crippen LogP) is 1.12. The number of esters is 1. The molecule has 0 aromatic heterocycles. The third-order valence-corrected chi connectivity index (χ3v) is 4.16. The Kier molecular flexibility index (Phi) is 5.98. The van der Waals surface area contributed by atoms with E-state index in [2.05, 4.69) is 4.74 Å². The average Bonchev–Trinajstić information content (AvgIpc) is 2.35. The zero-order valence-corrected chi connectivity index (χ0v) is 12.7. The Morgan fingerprint density at radius 2 is 2.05 bits per heavy atom. The molecule has 0 spiro atoms. The highest BCUT2D eigenvalue weighted by atomic mass is 35.5. The molecule has 1 rings (SSSR count). The van der Waals surface area contributed by atoms with E-state index in [-0.39, 0.29) is 17.3 Å². The van der Waals surface area contributed by atoms with Crippen LogP contribution in [0.3, 0.4) is 0 Å². The topological polar surface area (TPSA) is 101 Å². The van der Waals surface area contributed by atoms with Gasteiger partial charge >= 0.3 is 11.9 Å².